The summed E-state index contributed by atoms with van der Waals surface area (Å²) in [5.41, 5.74) is 2.47. The number of hydrogen-bond donors (Lipinski definition) is 2. The fourth-order valence-electron chi connectivity index (χ4n) is 2.47. The lowest BCUT2D eigenvalue weighted by molar-refractivity contribution is -0.118. The van der Waals surface area contributed by atoms with Crippen LogP contribution in [0.2, 0.25) is 10.0 Å². The molecule has 0 fully saturated rings. The summed E-state index contributed by atoms with van der Waals surface area (Å²) < 4.78 is 6.36. The van der Waals surface area contributed by atoms with Crippen LogP contribution in [0.4, 0.5) is 11.4 Å². The first kappa shape index (κ1) is 20.5. The van der Waals surface area contributed by atoms with Gasteiger partial charge >= 0.3 is 0 Å². The van der Waals surface area contributed by atoms with E-state index in [1.54, 1.807) is 24.3 Å². The third-order valence-electron chi connectivity index (χ3n) is 3.86. The minimum Gasteiger partial charge on any atom is -0.483 e. The van der Waals surface area contributed by atoms with Crippen LogP contribution in [0.15, 0.2) is 71.2 Å². The number of benzene rings is 3. The molecule has 7 heteroatoms. The highest BCUT2D eigenvalue weighted by molar-refractivity contribution is 9.10. The molecule has 0 spiro atoms. The number of carbonyl (C=O) groups is 1. The van der Waals surface area contributed by atoms with Gasteiger partial charge in [0, 0.05) is 6.54 Å². The minimum absolute atomic E-state index is 0.124. The Morgan fingerprint density at radius 1 is 0.929 bits per heavy atom. The molecule has 0 aliphatic rings. The van der Waals surface area contributed by atoms with Gasteiger partial charge in [-0.2, -0.15) is 0 Å². The standard InChI is InChI=1S/C21H17BrCl2N2O2/c22-15-11-14(12-25-18-7-3-1-5-16(18)23)9-10-20(15)28-13-21(27)26-19-8-4-2-6-17(19)24/h1-11,25H,12-13H2,(H,26,27). The number of ether oxygens (including phenoxy) is 1. The summed E-state index contributed by atoms with van der Waals surface area (Å²) in [5, 5.41) is 7.16. The van der Waals surface area contributed by atoms with Crippen LogP contribution in [0.25, 0.3) is 0 Å². The van der Waals surface area contributed by atoms with Gasteiger partial charge in [0.2, 0.25) is 0 Å². The second kappa shape index (κ2) is 9.82. The van der Waals surface area contributed by atoms with Crippen molar-refractivity contribution in [3.8, 4) is 5.75 Å². The molecule has 0 aliphatic carbocycles. The van der Waals surface area contributed by atoms with Crippen LogP contribution in [0, 0.1) is 0 Å². The third kappa shape index (κ3) is 5.64. The fraction of sp³-hybridized carbons (Fsp3) is 0.0952. The largest absolute Gasteiger partial charge is 0.483 e. The number of rotatable bonds is 7. The van der Waals surface area contributed by atoms with Crippen molar-refractivity contribution >= 4 is 56.4 Å². The quantitative estimate of drug-likeness (QED) is 0.413. The zero-order valence-corrected chi connectivity index (χ0v) is 17.8. The van der Waals surface area contributed by atoms with Crippen molar-refractivity contribution < 1.29 is 9.53 Å². The molecule has 0 unspecified atom stereocenters. The highest BCUT2D eigenvalue weighted by Crippen LogP contribution is 2.27. The van der Waals surface area contributed by atoms with Crippen LogP contribution < -0.4 is 15.4 Å². The number of amides is 1. The summed E-state index contributed by atoms with van der Waals surface area (Å²) in [4.78, 5) is 12.1. The number of para-hydroxylation sites is 2. The van der Waals surface area contributed by atoms with Gasteiger partial charge in [0.05, 0.1) is 25.9 Å². The molecular weight excluding hydrogens is 463 g/mol. The Kier molecular flexibility index (Phi) is 7.20. The Morgan fingerprint density at radius 2 is 1.57 bits per heavy atom. The summed E-state index contributed by atoms with van der Waals surface area (Å²) in [6.07, 6.45) is 0. The average molecular weight is 480 g/mol. The normalized spacial score (nSPS) is 10.4. The first-order valence-corrected chi connectivity index (χ1v) is 10.0. The minimum atomic E-state index is -0.288. The summed E-state index contributed by atoms with van der Waals surface area (Å²) in [5.74, 6) is 0.292. The number of nitrogens with one attached hydrogen (secondary N) is 2. The molecule has 0 heterocycles. The monoisotopic (exact) mass is 478 g/mol. The maximum absolute atomic E-state index is 12.1. The van der Waals surface area contributed by atoms with E-state index in [9.17, 15) is 4.79 Å². The Labute approximate surface area is 181 Å². The van der Waals surface area contributed by atoms with E-state index in [1.165, 1.54) is 0 Å². The second-order valence-electron chi connectivity index (χ2n) is 5.91. The van der Waals surface area contributed by atoms with E-state index in [1.807, 2.05) is 42.5 Å². The first-order valence-electron chi connectivity index (χ1n) is 8.47. The molecule has 0 aliphatic heterocycles. The molecular formula is C21H17BrCl2N2O2. The summed E-state index contributed by atoms with van der Waals surface area (Å²) in [7, 11) is 0. The van der Waals surface area contributed by atoms with E-state index in [-0.39, 0.29) is 12.5 Å². The van der Waals surface area contributed by atoms with Crippen LogP contribution in [-0.2, 0) is 11.3 Å². The second-order valence-corrected chi connectivity index (χ2v) is 7.58. The van der Waals surface area contributed by atoms with Crippen LogP contribution in [0.1, 0.15) is 5.56 Å². The van der Waals surface area contributed by atoms with Crippen molar-refractivity contribution in [2.75, 3.05) is 17.2 Å². The Bertz CT molecular complexity index is 982. The van der Waals surface area contributed by atoms with Gasteiger partial charge in [0.1, 0.15) is 5.75 Å². The molecule has 0 radical (unpaired) electrons. The van der Waals surface area contributed by atoms with Crippen molar-refractivity contribution in [1.82, 2.24) is 0 Å². The van der Waals surface area contributed by atoms with Gasteiger partial charge in [0.15, 0.2) is 6.61 Å². The molecule has 28 heavy (non-hydrogen) atoms. The average Bonchev–Trinajstić information content (AvgIpc) is 2.68. The van der Waals surface area contributed by atoms with E-state index < -0.39 is 0 Å². The van der Waals surface area contributed by atoms with Gasteiger partial charge in [-0.05, 0) is 57.9 Å². The van der Waals surface area contributed by atoms with Crippen molar-refractivity contribution in [1.29, 1.82) is 0 Å². The maximum atomic E-state index is 12.1. The molecule has 0 atom stereocenters. The smallest absolute Gasteiger partial charge is 0.262 e. The van der Waals surface area contributed by atoms with Gasteiger partial charge in [-0.3, -0.25) is 4.79 Å². The molecule has 4 nitrogen and oxygen atoms in total. The fourth-order valence-corrected chi connectivity index (χ4v) is 3.39. The summed E-state index contributed by atoms with van der Waals surface area (Å²) in [6.45, 7) is 0.483. The SMILES string of the molecule is O=C(COc1ccc(CNc2ccccc2Cl)cc1Br)Nc1ccccc1Cl. The van der Waals surface area contributed by atoms with Gasteiger partial charge in [-0.1, -0.05) is 53.5 Å². The lowest BCUT2D eigenvalue weighted by Gasteiger charge is -2.12. The van der Waals surface area contributed by atoms with Crippen LogP contribution >= 0.6 is 39.1 Å². The number of halogens is 3. The highest BCUT2D eigenvalue weighted by atomic mass is 79.9. The van der Waals surface area contributed by atoms with Crippen LogP contribution in [0.5, 0.6) is 5.75 Å². The van der Waals surface area contributed by atoms with Gasteiger partial charge in [-0.25, -0.2) is 0 Å². The summed E-state index contributed by atoms with van der Waals surface area (Å²) >= 11 is 15.7. The zero-order valence-electron chi connectivity index (χ0n) is 14.7. The van der Waals surface area contributed by atoms with Crippen molar-refractivity contribution in [3.63, 3.8) is 0 Å². The van der Waals surface area contributed by atoms with E-state index in [0.717, 1.165) is 15.7 Å². The lowest BCUT2D eigenvalue weighted by atomic mass is 10.2. The molecule has 0 saturated heterocycles. The molecule has 2 N–H and O–H groups in total. The molecule has 3 aromatic carbocycles. The molecule has 3 aromatic rings. The lowest BCUT2D eigenvalue weighted by Crippen LogP contribution is -2.20. The van der Waals surface area contributed by atoms with Crippen molar-refractivity contribution in [3.05, 3.63) is 86.8 Å². The molecule has 3 rings (SSSR count). The number of hydrogen-bond acceptors (Lipinski definition) is 3. The number of anilines is 2. The highest BCUT2D eigenvalue weighted by Gasteiger charge is 2.09. The van der Waals surface area contributed by atoms with Gasteiger partial charge < -0.3 is 15.4 Å². The molecule has 0 saturated carbocycles. The van der Waals surface area contributed by atoms with Crippen LogP contribution in [-0.4, -0.2) is 12.5 Å². The zero-order chi connectivity index (χ0) is 19.9. The maximum Gasteiger partial charge on any atom is 0.262 e. The van der Waals surface area contributed by atoms with E-state index in [0.29, 0.717) is 28.0 Å². The predicted molar refractivity (Wildman–Crippen MR) is 118 cm³/mol. The van der Waals surface area contributed by atoms with Crippen LogP contribution in [0.3, 0.4) is 0 Å². The van der Waals surface area contributed by atoms with E-state index in [2.05, 4.69) is 26.6 Å². The van der Waals surface area contributed by atoms with Gasteiger partial charge in [0.25, 0.3) is 5.91 Å². The van der Waals surface area contributed by atoms with E-state index >= 15 is 0 Å². The Balaban J connectivity index is 1.54. The summed E-state index contributed by atoms with van der Waals surface area (Å²) in [6, 6.07) is 20.3. The van der Waals surface area contributed by atoms with Crippen molar-refractivity contribution in [2.45, 2.75) is 6.54 Å². The van der Waals surface area contributed by atoms with Gasteiger partial charge in [-0.15, -0.1) is 0 Å². The van der Waals surface area contributed by atoms with Crippen molar-refractivity contribution in [2.24, 2.45) is 0 Å². The predicted octanol–water partition coefficient (Wildman–Crippen LogP) is 6.39. The Hall–Kier alpha value is -2.21. The topological polar surface area (TPSA) is 50.4 Å². The Morgan fingerprint density at radius 3 is 2.21 bits per heavy atom. The molecule has 1 amide bonds. The molecule has 0 bridgehead atoms. The first-order chi connectivity index (χ1) is 13.5. The number of carbonyl (C=O) groups excluding carboxylic acids is 1. The molecule has 0 aromatic heterocycles. The third-order valence-corrected chi connectivity index (χ3v) is 5.14. The van der Waals surface area contributed by atoms with E-state index in [4.69, 9.17) is 27.9 Å². The molecule has 144 valence electrons.